The SMILES string of the molecule is CC(C)C1(CNC(=O)Nc2cccc(C(=O)O)c2O)CC1. The second-order valence-electron chi connectivity index (χ2n) is 5.83. The maximum absolute atomic E-state index is 11.9. The molecule has 0 unspecified atom stereocenters. The number of rotatable bonds is 5. The Morgan fingerprint density at radius 3 is 2.52 bits per heavy atom. The molecule has 0 radical (unpaired) electrons. The highest BCUT2D eigenvalue weighted by atomic mass is 16.4. The lowest BCUT2D eigenvalue weighted by Crippen LogP contribution is -2.35. The first-order chi connectivity index (χ1) is 9.85. The van der Waals surface area contributed by atoms with Crippen LogP contribution < -0.4 is 10.6 Å². The van der Waals surface area contributed by atoms with Gasteiger partial charge in [-0.2, -0.15) is 0 Å². The molecule has 4 N–H and O–H groups in total. The summed E-state index contributed by atoms with van der Waals surface area (Å²) in [7, 11) is 0. The summed E-state index contributed by atoms with van der Waals surface area (Å²) in [5.74, 6) is -1.18. The fourth-order valence-electron chi connectivity index (χ4n) is 2.36. The highest BCUT2D eigenvalue weighted by molar-refractivity contribution is 5.97. The van der Waals surface area contributed by atoms with Crippen LogP contribution >= 0.6 is 0 Å². The van der Waals surface area contributed by atoms with Crippen LogP contribution in [0.4, 0.5) is 10.5 Å². The molecule has 0 spiro atoms. The first kappa shape index (κ1) is 15.2. The average molecular weight is 292 g/mol. The van der Waals surface area contributed by atoms with Gasteiger partial charge in [-0.05, 0) is 36.3 Å². The Hall–Kier alpha value is -2.24. The van der Waals surface area contributed by atoms with E-state index in [2.05, 4.69) is 24.5 Å². The smallest absolute Gasteiger partial charge is 0.339 e. The number of carboxylic acid groups (broad SMARTS) is 1. The molecule has 0 heterocycles. The second-order valence-corrected chi connectivity index (χ2v) is 5.83. The molecule has 2 amide bonds. The Bertz CT molecular complexity index is 565. The van der Waals surface area contributed by atoms with Gasteiger partial charge in [-0.3, -0.25) is 0 Å². The van der Waals surface area contributed by atoms with Gasteiger partial charge >= 0.3 is 12.0 Å². The van der Waals surface area contributed by atoms with E-state index in [0.29, 0.717) is 12.5 Å². The van der Waals surface area contributed by atoms with Crippen molar-refractivity contribution in [2.24, 2.45) is 11.3 Å². The van der Waals surface area contributed by atoms with E-state index < -0.39 is 17.7 Å². The molecule has 1 saturated carbocycles. The predicted octanol–water partition coefficient (Wildman–Crippen LogP) is 2.65. The van der Waals surface area contributed by atoms with Gasteiger partial charge in [0.05, 0.1) is 5.69 Å². The van der Waals surface area contributed by atoms with Crippen LogP contribution in [0.15, 0.2) is 18.2 Å². The molecule has 6 heteroatoms. The molecule has 0 aromatic heterocycles. The van der Waals surface area contributed by atoms with Gasteiger partial charge in [0, 0.05) is 6.54 Å². The Morgan fingerprint density at radius 1 is 1.33 bits per heavy atom. The fraction of sp³-hybridized carbons (Fsp3) is 0.467. The number of hydrogen-bond donors (Lipinski definition) is 4. The van der Waals surface area contributed by atoms with Crippen molar-refractivity contribution in [3.8, 4) is 5.75 Å². The van der Waals surface area contributed by atoms with E-state index in [-0.39, 0.29) is 16.7 Å². The number of para-hydroxylation sites is 1. The number of aromatic hydroxyl groups is 1. The first-order valence-electron chi connectivity index (χ1n) is 6.96. The molecule has 0 saturated heterocycles. The van der Waals surface area contributed by atoms with Gasteiger partial charge in [0.15, 0.2) is 5.75 Å². The van der Waals surface area contributed by atoms with Crippen molar-refractivity contribution in [1.82, 2.24) is 5.32 Å². The number of amides is 2. The average Bonchev–Trinajstić information content (AvgIpc) is 3.20. The number of phenols is 1. The molecule has 114 valence electrons. The summed E-state index contributed by atoms with van der Waals surface area (Å²) in [6.45, 7) is 4.85. The predicted molar refractivity (Wildman–Crippen MR) is 78.6 cm³/mol. The zero-order chi connectivity index (χ0) is 15.6. The minimum Gasteiger partial charge on any atom is -0.505 e. The number of carboxylic acids is 1. The number of aromatic carboxylic acids is 1. The fourth-order valence-corrected chi connectivity index (χ4v) is 2.36. The van der Waals surface area contributed by atoms with E-state index in [1.165, 1.54) is 18.2 Å². The molecule has 6 nitrogen and oxygen atoms in total. The largest absolute Gasteiger partial charge is 0.505 e. The molecule has 1 aliphatic rings. The van der Waals surface area contributed by atoms with Crippen LogP contribution in [0.5, 0.6) is 5.75 Å². The molecule has 0 aliphatic heterocycles. The molecule has 21 heavy (non-hydrogen) atoms. The minimum atomic E-state index is -1.24. The third kappa shape index (κ3) is 3.26. The van der Waals surface area contributed by atoms with Crippen LogP contribution in [0.1, 0.15) is 37.0 Å². The lowest BCUT2D eigenvalue weighted by atomic mass is 9.92. The Kier molecular flexibility index (Phi) is 4.06. The van der Waals surface area contributed by atoms with Crippen molar-refractivity contribution in [2.75, 3.05) is 11.9 Å². The van der Waals surface area contributed by atoms with E-state index in [4.69, 9.17) is 5.11 Å². The Morgan fingerprint density at radius 2 is 2.00 bits per heavy atom. The third-order valence-electron chi connectivity index (χ3n) is 4.23. The van der Waals surface area contributed by atoms with Crippen molar-refractivity contribution >= 4 is 17.7 Å². The summed E-state index contributed by atoms with van der Waals surface area (Å²) in [4.78, 5) is 22.8. The first-order valence-corrected chi connectivity index (χ1v) is 6.96. The van der Waals surface area contributed by atoms with E-state index in [1.54, 1.807) is 0 Å². The van der Waals surface area contributed by atoms with Crippen LogP contribution in [-0.2, 0) is 0 Å². The van der Waals surface area contributed by atoms with Gasteiger partial charge in [-0.15, -0.1) is 0 Å². The van der Waals surface area contributed by atoms with E-state index in [1.807, 2.05) is 0 Å². The number of hydrogen-bond acceptors (Lipinski definition) is 3. The van der Waals surface area contributed by atoms with Crippen LogP contribution in [0.2, 0.25) is 0 Å². The van der Waals surface area contributed by atoms with Gasteiger partial charge in [0.1, 0.15) is 5.56 Å². The van der Waals surface area contributed by atoms with Gasteiger partial charge < -0.3 is 20.8 Å². The van der Waals surface area contributed by atoms with Crippen LogP contribution in [0.25, 0.3) is 0 Å². The Labute approximate surface area is 123 Å². The summed E-state index contributed by atoms with van der Waals surface area (Å²) in [5.41, 5.74) is 0.0258. The molecule has 0 atom stereocenters. The molecule has 1 aromatic carbocycles. The van der Waals surface area contributed by atoms with Crippen LogP contribution in [0.3, 0.4) is 0 Å². The van der Waals surface area contributed by atoms with Gasteiger partial charge in [-0.25, -0.2) is 9.59 Å². The topological polar surface area (TPSA) is 98.7 Å². The van der Waals surface area contributed by atoms with E-state index >= 15 is 0 Å². The number of benzene rings is 1. The van der Waals surface area contributed by atoms with Crippen LogP contribution in [-0.4, -0.2) is 28.8 Å². The number of nitrogens with one attached hydrogen (secondary N) is 2. The highest BCUT2D eigenvalue weighted by Crippen LogP contribution is 2.51. The maximum Gasteiger partial charge on any atom is 0.339 e. The normalized spacial score (nSPS) is 15.6. The second kappa shape index (κ2) is 5.63. The summed E-state index contributed by atoms with van der Waals surface area (Å²) >= 11 is 0. The summed E-state index contributed by atoms with van der Waals surface area (Å²) < 4.78 is 0. The van der Waals surface area contributed by atoms with Gasteiger partial charge in [0.2, 0.25) is 0 Å². The summed E-state index contributed by atoms with van der Waals surface area (Å²) in [6, 6.07) is 3.75. The summed E-state index contributed by atoms with van der Waals surface area (Å²) in [5, 5.41) is 24.0. The van der Waals surface area contributed by atoms with Crippen LogP contribution in [0, 0.1) is 11.3 Å². The molecular formula is C15H20N2O4. The summed E-state index contributed by atoms with van der Waals surface area (Å²) in [6.07, 6.45) is 2.20. The Balaban J connectivity index is 1.97. The third-order valence-corrected chi connectivity index (χ3v) is 4.23. The van der Waals surface area contributed by atoms with Crippen molar-refractivity contribution in [3.63, 3.8) is 0 Å². The lowest BCUT2D eigenvalue weighted by molar-refractivity contribution is 0.0693. The van der Waals surface area contributed by atoms with Crippen molar-refractivity contribution in [3.05, 3.63) is 23.8 Å². The standard InChI is InChI=1S/C15H20N2O4/c1-9(2)15(6-7-15)8-16-14(21)17-11-5-3-4-10(12(11)18)13(19)20/h3-5,9,18H,6-8H2,1-2H3,(H,19,20)(H2,16,17,21). The zero-order valence-corrected chi connectivity index (χ0v) is 12.1. The van der Waals surface area contributed by atoms with Crippen molar-refractivity contribution in [1.29, 1.82) is 0 Å². The van der Waals surface area contributed by atoms with Crippen molar-refractivity contribution in [2.45, 2.75) is 26.7 Å². The molecule has 0 bridgehead atoms. The molecule has 1 fully saturated rings. The highest BCUT2D eigenvalue weighted by Gasteiger charge is 2.45. The van der Waals surface area contributed by atoms with Gasteiger partial charge in [0.25, 0.3) is 0 Å². The van der Waals surface area contributed by atoms with E-state index in [9.17, 15) is 14.7 Å². The minimum absolute atomic E-state index is 0.0850. The molecule has 1 aliphatic carbocycles. The monoisotopic (exact) mass is 292 g/mol. The number of carbonyl (C=O) groups excluding carboxylic acids is 1. The molecule has 2 rings (SSSR count). The van der Waals surface area contributed by atoms with E-state index in [0.717, 1.165) is 12.8 Å². The molecular weight excluding hydrogens is 272 g/mol. The van der Waals surface area contributed by atoms with Gasteiger partial charge in [-0.1, -0.05) is 19.9 Å². The quantitative estimate of drug-likeness (QED) is 0.627. The number of anilines is 1. The van der Waals surface area contributed by atoms with Crippen molar-refractivity contribution < 1.29 is 19.8 Å². The lowest BCUT2D eigenvalue weighted by Gasteiger charge is -2.20. The number of urea groups is 1. The number of carbonyl (C=O) groups is 2. The molecule has 1 aromatic rings. The zero-order valence-electron chi connectivity index (χ0n) is 12.1. The maximum atomic E-state index is 11.9.